The van der Waals surface area contributed by atoms with Gasteiger partial charge in [0.1, 0.15) is 0 Å². The Morgan fingerprint density at radius 3 is 2.24 bits per heavy atom. The Kier molecular flexibility index (Phi) is 3.59. The van der Waals surface area contributed by atoms with Crippen LogP contribution >= 0.6 is 31.9 Å². The van der Waals surface area contributed by atoms with Gasteiger partial charge in [-0.1, -0.05) is 30.3 Å². The minimum atomic E-state index is -0.375. The molecule has 0 spiro atoms. The third-order valence-electron chi connectivity index (χ3n) is 2.33. The van der Waals surface area contributed by atoms with Crippen molar-refractivity contribution in [2.75, 3.05) is 0 Å². The van der Waals surface area contributed by atoms with Crippen LogP contribution in [0.25, 0.3) is 11.1 Å². The second-order valence-electron chi connectivity index (χ2n) is 3.38. The van der Waals surface area contributed by atoms with Crippen LogP contribution in [0.2, 0.25) is 0 Å². The van der Waals surface area contributed by atoms with Gasteiger partial charge in [-0.05, 0) is 43.5 Å². The van der Waals surface area contributed by atoms with Gasteiger partial charge >= 0.3 is 0 Å². The molecule has 0 amide bonds. The van der Waals surface area contributed by atoms with Crippen LogP contribution in [0.15, 0.2) is 51.4 Å². The molecule has 0 aliphatic heterocycles. The van der Waals surface area contributed by atoms with Crippen LogP contribution < -0.4 is 0 Å². The van der Waals surface area contributed by atoms with E-state index in [1.807, 2.05) is 30.3 Å². The maximum atomic E-state index is 11.0. The van der Waals surface area contributed by atoms with E-state index >= 15 is 0 Å². The summed E-state index contributed by atoms with van der Waals surface area (Å²) in [6.07, 6.45) is 0. The second-order valence-corrected chi connectivity index (χ2v) is 5.03. The molecule has 0 N–H and O–H groups in total. The molecule has 2 aromatic carbocycles. The van der Waals surface area contributed by atoms with Crippen molar-refractivity contribution in [3.8, 4) is 11.1 Å². The van der Waals surface area contributed by atoms with Gasteiger partial charge < -0.3 is 0 Å². The summed E-state index contributed by atoms with van der Waals surface area (Å²) in [5, 5.41) is 11.0. The minimum absolute atomic E-state index is 0.0891. The van der Waals surface area contributed by atoms with E-state index in [1.54, 1.807) is 6.07 Å². The van der Waals surface area contributed by atoms with Gasteiger partial charge in [-0.2, -0.15) is 0 Å². The first-order valence-corrected chi connectivity index (χ1v) is 6.37. The molecule has 3 nitrogen and oxygen atoms in total. The molecule has 0 aliphatic carbocycles. The van der Waals surface area contributed by atoms with Gasteiger partial charge in [-0.25, -0.2) is 0 Å². The summed E-state index contributed by atoms with van der Waals surface area (Å²) >= 11 is 6.74. The highest BCUT2D eigenvalue weighted by atomic mass is 79.9. The zero-order valence-electron chi connectivity index (χ0n) is 8.56. The summed E-state index contributed by atoms with van der Waals surface area (Å²) in [6, 6.07) is 12.4. The highest BCUT2D eigenvalue weighted by molar-refractivity contribution is 9.13. The molecule has 0 unspecified atom stereocenters. The highest BCUT2D eigenvalue weighted by Gasteiger charge is 2.19. The molecule has 2 aromatic rings. The van der Waals surface area contributed by atoms with Crippen molar-refractivity contribution in [1.29, 1.82) is 0 Å². The van der Waals surface area contributed by atoms with Gasteiger partial charge in [0.15, 0.2) is 0 Å². The number of rotatable bonds is 2. The number of nitrogens with zero attached hydrogens (tertiary/aromatic N) is 1. The predicted molar refractivity (Wildman–Crippen MR) is 73.9 cm³/mol. The van der Waals surface area contributed by atoms with Crippen LogP contribution in [-0.2, 0) is 0 Å². The lowest BCUT2D eigenvalue weighted by molar-refractivity contribution is -0.384. The molecule has 0 saturated carbocycles. The van der Waals surface area contributed by atoms with E-state index in [0.717, 1.165) is 10.0 Å². The van der Waals surface area contributed by atoms with E-state index in [1.165, 1.54) is 6.07 Å². The van der Waals surface area contributed by atoms with Gasteiger partial charge in [-0.3, -0.25) is 10.1 Å². The Balaban J connectivity index is 2.74. The SMILES string of the molecule is O=[N+]([O-])c1ccc(Br)c(Br)c1-c1ccccc1. The van der Waals surface area contributed by atoms with Crippen LogP contribution in [0.5, 0.6) is 0 Å². The molecular weight excluding hydrogens is 350 g/mol. The molecule has 0 atom stereocenters. The molecule has 0 aromatic heterocycles. The van der Waals surface area contributed by atoms with Crippen molar-refractivity contribution in [1.82, 2.24) is 0 Å². The van der Waals surface area contributed by atoms with Gasteiger partial charge in [0.05, 0.1) is 10.5 Å². The van der Waals surface area contributed by atoms with Crippen LogP contribution in [0.4, 0.5) is 5.69 Å². The Bertz CT molecular complexity index is 570. The number of nitro groups is 1. The summed E-state index contributed by atoms with van der Waals surface area (Å²) in [7, 11) is 0. The summed E-state index contributed by atoms with van der Waals surface area (Å²) in [5.74, 6) is 0. The van der Waals surface area contributed by atoms with Crippen molar-refractivity contribution in [3.05, 3.63) is 61.5 Å². The summed E-state index contributed by atoms with van der Waals surface area (Å²) in [6.45, 7) is 0. The average molecular weight is 357 g/mol. The molecule has 2 rings (SSSR count). The molecule has 0 fully saturated rings. The van der Waals surface area contributed by atoms with Crippen LogP contribution in [-0.4, -0.2) is 4.92 Å². The second kappa shape index (κ2) is 4.98. The Morgan fingerprint density at radius 1 is 1.00 bits per heavy atom. The van der Waals surface area contributed by atoms with Crippen molar-refractivity contribution in [3.63, 3.8) is 0 Å². The first-order chi connectivity index (χ1) is 8.11. The third kappa shape index (κ3) is 2.40. The summed E-state index contributed by atoms with van der Waals surface area (Å²) < 4.78 is 1.49. The normalized spacial score (nSPS) is 10.2. The molecule has 0 saturated heterocycles. The van der Waals surface area contributed by atoms with E-state index in [0.29, 0.717) is 10.0 Å². The zero-order chi connectivity index (χ0) is 12.4. The standard InChI is InChI=1S/C12H7Br2NO2/c13-9-6-7-10(15(16)17)11(12(9)14)8-4-2-1-3-5-8/h1-7H. The van der Waals surface area contributed by atoms with E-state index in [2.05, 4.69) is 31.9 Å². The van der Waals surface area contributed by atoms with Gasteiger partial charge in [0.25, 0.3) is 5.69 Å². The molecular formula is C12H7Br2NO2. The van der Waals surface area contributed by atoms with Crippen LogP contribution in [0.1, 0.15) is 0 Å². The van der Waals surface area contributed by atoms with E-state index in [4.69, 9.17) is 0 Å². The fourth-order valence-electron chi connectivity index (χ4n) is 1.57. The van der Waals surface area contributed by atoms with E-state index in [-0.39, 0.29) is 10.6 Å². The lowest BCUT2D eigenvalue weighted by Crippen LogP contribution is -1.93. The van der Waals surface area contributed by atoms with Crippen LogP contribution in [0, 0.1) is 10.1 Å². The fraction of sp³-hybridized carbons (Fsp3) is 0. The molecule has 0 heterocycles. The number of halogens is 2. The van der Waals surface area contributed by atoms with Gasteiger partial charge in [0.2, 0.25) is 0 Å². The Labute approximate surface area is 115 Å². The monoisotopic (exact) mass is 355 g/mol. The quantitative estimate of drug-likeness (QED) is 0.573. The lowest BCUT2D eigenvalue weighted by Gasteiger charge is -2.07. The van der Waals surface area contributed by atoms with E-state index < -0.39 is 0 Å². The summed E-state index contributed by atoms with van der Waals surface area (Å²) in [4.78, 5) is 10.7. The third-order valence-corrected chi connectivity index (χ3v) is 4.35. The predicted octanol–water partition coefficient (Wildman–Crippen LogP) is 4.79. The molecule has 0 bridgehead atoms. The van der Waals surface area contributed by atoms with Crippen molar-refractivity contribution in [2.45, 2.75) is 0 Å². The zero-order valence-corrected chi connectivity index (χ0v) is 11.7. The van der Waals surface area contributed by atoms with Crippen molar-refractivity contribution >= 4 is 37.5 Å². The molecule has 17 heavy (non-hydrogen) atoms. The first-order valence-electron chi connectivity index (χ1n) is 4.79. The van der Waals surface area contributed by atoms with Crippen LogP contribution in [0.3, 0.4) is 0 Å². The first kappa shape index (κ1) is 12.3. The Morgan fingerprint density at radius 2 is 1.65 bits per heavy atom. The fourth-order valence-corrected chi connectivity index (χ4v) is 2.47. The topological polar surface area (TPSA) is 43.1 Å². The molecule has 0 aliphatic rings. The van der Waals surface area contributed by atoms with Gasteiger partial charge in [-0.15, -0.1) is 0 Å². The minimum Gasteiger partial charge on any atom is -0.258 e. The van der Waals surface area contributed by atoms with E-state index in [9.17, 15) is 10.1 Å². The summed E-state index contributed by atoms with van der Waals surface area (Å²) in [5.41, 5.74) is 1.49. The van der Waals surface area contributed by atoms with Crippen molar-refractivity contribution < 1.29 is 4.92 Å². The average Bonchev–Trinajstić information content (AvgIpc) is 2.33. The molecule has 0 radical (unpaired) electrons. The smallest absolute Gasteiger partial charge is 0.258 e. The lowest BCUT2D eigenvalue weighted by atomic mass is 10.0. The number of nitro benzene ring substituents is 1. The number of hydrogen-bond acceptors (Lipinski definition) is 2. The maximum Gasteiger partial charge on any atom is 0.278 e. The largest absolute Gasteiger partial charge is 0.278 e. The number of benzene rings is 2. The van der Waals surface area contributed by atoms with Gasteiger partial charge in [0, 0.05) is 15.0 Å². The molecule has 86 valence electrons. The van der Waals surface area contributed by atoms with Crippen molar-refractivity contribution in [2.24, 2.45) is 0 Å². The Hall–Kier alpha value is -1.20. The highest BCUT2D eigenvalue weighted by Crippen LogP contribution is 2.40. The molecule has 5 heteroatoms. The maximum absolute atomic E-state index is 11.0. The number of hydrogen-bond donors (Lipinski definition) is 0.